The van der Waals surface area contributed by atoms with Crippen molar-refractivity contribution in [1.29, 1.82) is 0 Å². The highest BCUT2D eigenvalue weighted by atomic mass is 16.6. The number of esters is 1. The first-order valence-corrected chi connectivity index (χ1v) is 15.0. The van der Waals surface area contributed by atoms with E-state index in [9.17, 15) is 14.7 Å². The number of phenols is 1. The van der Waals surface area contributed by atoms with Gasteiger partial charge in [-0.25, -0.2) is 0 Å². The predicted octanol–water partition coefficient (Wildman–Crippen LogP) is 4.26. The summed E-state index contributed by atoms with van der Waals surface area (Å²) in [5.41, 5.74) is 4.75. The molecule has 7 rings (SSSR count). The third kappa shape index (κ3) is 4.14. The largest absolute Gasteiger partial charge is 0.508 e. The molecular weight excluding hydrogens is 516 g/mol. The summed E-state index contributed by atoms with van der Waals surface area (Å²) in [5, 5.41) is 11.2. The Morgan fingerprint density at radius 1 is 1.17 bits per heavy atom. The number of phenolic OH excluding ortho intramolecular Hbond substituents is 1. The summed E-state index contributed by atoms with van der Waals surface area (Å²) in [5.74, 6) is 7.42. The number of amides is 1. The molecule has 7 nitrogen and oxygen atoms in total. The van der Waals surface area contributed by atoms with E-state index in [2.05, 4.69) is 23.7 Å². The van der Waals surface area contributed by atoms with Gasteiger partial charge in [0.25, 0.3) is 5.91 Å². The van der Waals surface area contributed by atoms with E-state index >= 15 is 0 Å². The van der Waals surface area contributed by atoms with Gasteiger partial charge >= 0.3 is 5.97 Å². The van der Waals surface area contributed by atoms with Gasteiger partial charge in [0, 0.05) is 60.7 Å². The number of ether oxygens (including phenoxy) is 2. The molecule has 3 aliphatic carbocycles. The van der Waals surface area contributed by atoms with Gasteiger partial charge in [-0.2, -0.15) is 0 Å². The van der Waals surface area contributed by atoms with Crippen LogP contribution >= 0.6 is 0 Å². The zero-order valence-electron chi connectivity index (χ0n) is 24.3. The van der Waals surface area contributed by atoms with E-state index in [1.807, 2.05) is 32.2 Å². The van der Waals surface area contributed by atoms with Crippen molar-refractivity contribution in [3.05, 3.63) is 52.1 Å². The van der Waals surface area contributed by atoms with E-state index in [0.717, 1.165) is 66.9 Å². The van der Waals surface area contributed by atoms with Crippen molar-refractivity contribution in [3.8, 4) is 29.1 Å². The molecule has 2 bridgehead atoms. The summed E-state index contributed by atoms with van der Waals surface area (Å²) >= 11 is 0. The highest BCUT2D eigenvalue weighted by Crippen LogP contribution is 2.65. The number of benzene rings is 2. The molecule has 1 spiro atoms. The molecular formula is C34H38N2O5. The Morgan fingerprint density at radius 3 is 2.71 bits per heavy atom. The average molecular weight is 555 g/mol. The van der Waals surface area contributed by atoms with Crippen molar-refractivity contribution in [3.63, 3.8) is 0 Å². The second-order valence-corrected chi connectivity index (χ2v) is 12.9. The van der Waals surface area contributed by atoms with E-state index < -0.39 is 5.97 Å². The fourth-order valence-electron chi connectivity index (χ4n) is 8.32. The summed E-state index contributed by atoms with van der Waals surface area (Å²) in [7, 11) is 1.83. The summed E-state index contributed by atoms with van der Waals surface area (Å²) in [6.45, 7) is 7.55. The van der Waals surface area contributed by atoms with Crippen LogP contribution in [0.5, 0.6) is 17.2 Å². The van der Waals surface area contributed by atoms with E-state index in [1.165, 1.54) is 25.3 Å². The molecule has 2 aromatic rings. The number of hydrogen-bond acceptors (Lipinski definition) is 6. The number of likely N-dealkylation sites (N-methyl/N-ethyl adjacent to an activating group) is 1. The van der Waals surface area contributed by atoms with Crippen molar-refractivity contribution >= 4 is 11.9 Å². The number of piperidine rings is 1. The molecule has 5 aliphatic rings. The average Bonchev–Trinajstić information content (AvgIpc) is 3.69. The lowest BCUT2D eigenvalue weighted by Gasteiger charge is -2.60. The van der Waals surface area contributed by atoms with Crippen LogP contribution in [-0.4, -0.2) is 65.1 Å². The summed E-state index contributed by atoms with van der Waals surface area (Å²) in [4.78, 5) is 29.9. The minimum Gasteiger partial charge on any atom is -0.508 e. The summed E-state index contributed by atoms with van der Waals surface area (Å²) < 4.78 is 12.4. The SMILES string of the molecule is CC(=O)Oc1cc(O)c2c3c1O[C@H]1[C@@H](N(C)C(=O)C#Cc4ccc(C)c(C)c4)CC[C@H]4[C@@H](C2)N(CC2CC2)CC[C@@]341. The Morgan fingerprint density at radius 2 is 1.98 bits per heavy atom. The van der Waals surface area contributed by atoms with Gasteiger partial charge in [0.1, 0.15) is 11.9 Å². The first kappa shape index (κ1) is 26.4. The summed E-state index contributed by atoms with van der Waals surface area (Å²) in [6.07, 6.45) is 5.76. The third-order valence-corrected chi connectivity index (χ3v) is 10.6. The monoisotopic (exact) mass is 554 g/mol. The van der Waals surface area contributed by atoms with Crippen LogP contribution in [0.2, 0.25) is 0 Å². The Labute approximate surface area is 241 Å². The molecule has 0 unspecified atom stereocenters. The van der Waals surface area contributed by atoms with Crippen molar-refractivity contribution in [2.75, 3.05) is 20.1 Å². The van der Waals surface area contributed by atoms with Crippen LogP contribution in [0.4, 0.5) is 0 Å². The Balaban J connectivity index is 1.26. The van der Waals surface area contributed by atoms with Crippen LogP contribution in [0.25, 0.3) is 0 Å². The number of aromatic hydroxyl groups is 1. The van der Waals surface area contributed by atoms with Crippen LogP contribution in [0, 0.1) is 37.5 Å². The van der Waals surface area contributed by atoms with Crippen LogP contribution in [0.3, 0.4) is 0 Å². The van der Waals surface area contributed by atoms with E-state index in [1.54, 1.807) is 11.0 Å². The number of carbonyl (C=O) groups is 2. The molecule has 214 valence electrons. The molecule has 2 saturated carbocycles. The molecule has 7 heteroatoms. The van der Waals surface area contributed by atoms with Gasteiger partial charge in [0.05, 0.1) is 6.04 Å². The van der Waals surface area contributed by atoms with Crippen LogP contribution in [0.1, 0.15) is 66.8 Å². The lowest BCUT2D eigenvalue weighted by atomic mass is 9.50. The Hall–Kier alpha value is -3.50. The van der Waals surface area contributed by atoms with Gasteiger partial charge in [0.2, 0.25) is 0 Å². The van der Waals surface area contributed by atoms with Gasteiger partial charge in [0.15, 0.2) is 11.5 Å². The van der Waals surface area contributed by atoms with Gasteiger partial charge in [-0.3, -0.25) is 14.5 Å². The topological polar surface area (TPSA) is 79.3 Å². The minimum absolute atomic E-state index is 0.172. The van der Waals surface area contributed by atoms with Crippen LogP contribution < -0.4 is 9.47 Å². The molecule has 0 aromatic heterocycles. The van der Waals surface area contributed by atoms with Gasteiger partial charge in [-0.1, -0.05) is 12.0 Å². The van der Waals surface area contributed by atoms with Crippen LogP contribution in [-0.2, 0) is 21.4 Å². The van der Waals surface area contributed by atoms with E-state index in [-0.39, 0.29) is 35.0 Å². The standard InChI is InChI=1S/C34H38N2O5/c1-19-5-6-22(15-20(19)2)9-12-30(39)35(4)26-11-10-25-27-16-24-28(38)17-29(40-21(3)37)32-31(24)34(25,33(26)41-32)13-14-36(27)18-23-7-8-23/h5-6,15,17,23,25-27,33,38H,7-8,10-11,13-14,16,18H2,1-4H3/t25-,26-,27+,33-,34-/m0/s1. The molecule has 1 N–H and O–H groups in total. The Bertz CT molecular complexity index is 1520. The molecule has 2 aromatic carbocycles. The van der Waals surface area contributed by atoms with Crippen molar-refractivity contribution in [2.45, 2.75) is 82.9 Å². The number of rotatable bonds is 4. The normalized spacial score (nSPS) is 29.1. The summed E-state index contributed by atoms with van der Waals surface area (Å²) in [6, 6.07) is 7.67. The molecule has 3 fully saturated rings. The maximum atomic E-state index is 13.5. The number of nitrogens with zero attached hydrogens (tertiary/aromatic N) is 2. The second-order valence-electron chi connectivity index (χ2n) is 12.9. The highest BCUT2D eigenvalue weighted by Gasteiger charge is 2.67. The smallest absolute Gasteiger partial charge is 0.308 e. The molecule has 2 aliphatic heterocycles. The fraction of sp³-hybridized carbons (Fsp3) is 0.529. The van der Waals surface area contributed by atoms with Gasteiger partial charge < -0.3 is 19.5 Å². The fourth-order valence-corrected chi connectivity index (χ4v) is 8.32. The zero-order valence-corrected chi connectivity index (χ0v) is 24.3. The molecule has 1 amide bonds. The van der Waals surface area contributed by atoms with Crippen molar-refractivity contribution < 1.29 is 24.2 Å². The molecule has 0 radical (unpaired) electrons. The van der Waals surface area contributed by atoms with Crippen LogP contribution in [0.15, 0.2) is 24.3 Å². The van der Waals surface area contributed by atoms with E-state index in [0.29, 0.717) is 17.7 Å². The van der Waals surface area contributed by atoms with Gasteiger partial charge in [-0.05, 0) is 94.0 Å². The molecule has 1 saturated heterocycles. The number of aryl methyl sites for hydroxylation is 2. The maximum absolute atomic E-state index is 13.5. The van der Waals surface area contributed by atoms with Crippen molar-refractivity contribution in [2.24, 2.45) is 11.8 Å². The number of likely N-dealkylation sites (tertiary alicyclic amines) is 1. The molecule has 41 heavy (non-hydrogen) atoms. The highest BCUT2D eigenvalue weighted by molar-refractivity contribution is 5.94. The molecule has 2 heterocycles. The molecule has 5 atom stereocenters. The predicted molar refractivity (Wildman–Crippen MR) is 154 cm³/mol. The minimum atomic E-state index is -0.452. The van der Waals surface area contributed by atoms with E-state index in [4.69, 9.17) is 9.47 Å². The van der Waals surface area contributed by atoms with Gasteiger partial charge in [-0.15, -0.1) is 0 Å². The quantitative estimate of drug-likeness (QED) is 0.346. The first-order chi connectivity index (χ1) is 19.7. The first-order valence-electron chi connectivity index (χ1n) is 15.0. The maximum Gasteiger partial charge on any atom is 0.308 e. The lowest BCUT2D eigenvalue weighted by molar-refractivity contribution is -0.134. The zero-order chi connectivity index (χ0) is 28.6. The Kier molecular flexibility index (Phi) is 6.13. The van der Waals surface area contributed by atoms with Crippen molar-refractivity contribution in [1.82, 2.24) is 9.80 Å². The number of hydrogen-bond donors (Lipinski definition) is 1. The second kappa shape index (κ2) is 9.52. The number of carbonyl (C=O) groups excluding carboxylic acids is 2. The third-order valence-electron chi connectivity index (χ3n) is 10.6. The lowest BCUT2D eigenvalue weighted by Crippen LogP contribution is -2.69.